The molecule has 2 heterocycles. The normalized spacial score (nSPS) is 10.5. The summed E-state index contributed by atoms with van der Waals surface area (Å²) in [5, 5.41) is 0. The van der Waals surface area contributed by atoms with Crippen molar-refractivity contribution in [2.45, 2.75) is 0 Å². The van der Waals surface area contributed by atoms with Crippen molar-refractivity contribution in [1.82, 2.24) is 15.0 Å². The molecule has 0 saturated carbocycles. The Bertz CT molecular complexity index is 490. The molecule has 0 saturated heterocycles. The van der Waals surface area contributed by atoms with Crippen LogP contribution < -0.4 is 5.56 Å². The molecule has 0 bridgehead atoms. The number of fused-ring (bicyclic) bond motifs is 1. The van der Waals surface area contributed by atoms with Crippen LogP contribution in [0.4, 0.5) is 0 Å². The highest BCUT2D eigenvalue weighted by Crippen LogP contribution is 2.01. The van der Waals surface area contributed by atoms with E-state index < -0.39 is 0 Å². The molecule has 2 rings (SSSR count). The van der Waals surface area contributed by atoms with E-state index in [-0.39, 0.29) is 5.56 Å². The molecule has 0 spiro atoms. The third kappa shape index (κ3) is 0.988. The van der Waals surface area contributed by atoms with Crippen molar-refractivity contribution in [3.63, 3.8) is 0 Å². The van der Waals surface area contributed by atoms with Gasteiger partial charge in [-0.15, -0.1) is 0 Å². The molecular weight excluding hydrogens is 162 g/mol. The van der Waals surface area contributed by atoms with Crippen LogP contribution in [0.5, 0.6) is 0 Å². The Morgan fingerprint density at radius 1 is 1.18 bits per heavy atom. The fourth-order valence-corrected chi connectivity index (χ4v) is 1.16. The van der Waals surface area contributed by atoms with E-state index >= 15 is 0 Å². The summed E-state index contributed by atoms with van der Waals surface area (Å²) >= 11 is 4.82. The van der Waals surface area contributed by atoms with Crippen LogP contribution in [0.15, 0.2) is 16.9 Å². The molecule has 0 fully saturated rings. The van der Waals surface area contributed by atoms with E-state index in [0.29, 0.717) is 10.4 Å². The Labute approximate surface area is 66.3 Å². The molecule has 4 nitrogen and oxygen atoms in total. The van der Waals surface area contributed by atoms with Crippen LogP contribution in [-0.4, -0.2) is 15.0 Å². The van der Waals surface area contributed by atoms with Gasteiger partial charge in [-0.05, 0) is 18.3 Å². The van der Waals surface area contributed by atoms with E-state index in [9.17, 15) is 4.79 Å². The zero-order valence-electron chi connectivity index (χ0n) is 5.47. The number of hydrogen-bond acceptors (Lipinski definition) is 2. The van der Waals surface area contributed by atoms with Crippen LogP contribution in [0.2, 0.25) is 0 Å². The molecule has 0 aliphatic heterocycles. The van der Waals surface area contributed by atoms with E-state index in [0.717, 1.165) is 5.52 Å². The topological polar surface area (TPSA) is 64.4 Å². The van der Waals surface area contributed by atoms with E-state index in [1.807, 2.05) is 0 Å². The van der Waals surface area contributed by atoms with Gasteiger partial charge in [-0.2, -0.15) is 0 Å². The SMILES string of the molecule is O=c1ccc2[nH]c(=S)[nH]c2[nH]1. The van der Waals surface area contributed by atoms with Crippen LogP contribution in [0, 0.1) is 4.77 Å². The number of rotatable bonds is 0. The number of nitrogens with one attached hydrogen (secondary N) is 3. The van der Waals surface area contributed by atoms with Crippen LogP contribution >= 0.6 is 12.2 Å². The van der Waals surface area contributed by atoms with Gasteiger partial charge in [-0.3, -0.25) is 4.79 Å². The average molecular weight is 167 g/mol. The lowest BCUT2D eigenvalue weighted by Crippen LogP contribution is -2.01. The van der Waals surface area contributed by atoms with Crippen LogP contribution in [-0.2, 0) is 0 Å². The van der Waals surface area contributed by atoms with Gasteiger partial charge in [0.15, 0.2) is 4.77 Å². The summed E-state index contributed by atoms with van der Waals surface area (Å²) in [5.74, 6) is 0. The summed E-state index contributed by atoms with van der Waals surface area (Å²) in [7, 11) is 0. The van der Waals surface area contributed by atoms with Crippen molar-refractivity contribution in [2.24, 2.45) is 0 Å². The molecule has 11 heavy (non-hydrogen) atoms. The minimum Gasteiger partial charge on any atom is -0.329 e. The minimum absolute atomic E-state index is 0.136. The molecule has 0 unspecified atom stereocenters. The van der Waals surface area contributed by atoms with Crippen LogP contribution in [0.25, 0.3) is 11.2 Å². The first-order chi connectivity index (χ1) is 5.25. The molecule has 0 atom stereocenters. The summed E-state index contributed by atoms with van der Waals surface area (Å²) in [5.41, 5.74) is 1.32. The molecule has 56 valence electrons. The number of pyridine rings is 1. The predicted octanol–water partition coefficient (Wildman–Crippen LogP) is 0.914. The third-order valence-electron chi connectivity index (χ3n) is 1.41. The van der Waals surface area contributed by atoms with Gasteiger partial charge >= 0.3 is 0 Å². The van der Waals surface area contributed by atoms with Gasteiger partial charge in [-0.25, -0.2) is 0 Å². The standard InChI is InChI=1S/C6H5N3OS/c10-4-2-1-3-5(8-4)9-6(11)7-3/h1-2H,(H3,7,8,9,10,11). The largest absolute Gasteiger partial charge is 0.329 e. The van der Waals surface area contributed by atoms with Crippen molar-refractivity contribution < 1.29 is 0 Å². The second-order valence-electron chi connectivity index (χ2n) is 2.19. The molecule has 0 aliphatic carbocycles. The lowest BCUT2D eigenvalue weighted by Gasteiger charge is -1.83. The zero-order chi connectivity index (χ0) is 7.84. The van der Waals surface area contributed by atoms with Crippen molar-refractivity contribution in [3.8, 4) is 0 Å². The molecule has 2 aromatic heterocycles. The Morgan fingerprint density at radius 3 is 2.82 bits per heavy atom. The van der Waals surface area contributed by atoms with E-state index in [2.05, 4.69) is 15.0 Å². The molecular formula is C6H5N3OS. The smallest absolute Gasteiger partial charge is 0.249 e. The second-order valence-corrected chi connectivity index (χ2v) is 2.60. The van der Waals surface area contributed by atoms with Crippen molar-refractivity contribution >= 4 is 23.4 Å². The number of hydrogen-bond donors (Lipinski definition) is 3. The van der Waals surface area contributed by atoms with E-state index in [4.69, 9.17) is 12.2 Å². The van der Waals surface area contributed by atoms with Crippen molar-refractivity contribution in [3.05, 3.63) is 27.3 Å². The fourth-order valence-electron chi connectivity index (χ4n) is 0.944. The number of imidazole rings is 1. The highest BCUT2D eigenvalue weighted by atomic mass is 32.1. The molecule has 3 N–H and O–H groups in total. The summed E-state index contributed by atoms with van der Waals surface area (Å²) in [4.78, 5) is 19.0. The van der Waals surface area contributed by atoms with Gasteiger partial charge < -0.3 is 15.0 Å². The lowest BCUT2D eigenvalue weighted by molar-refractivity contribution is 1.24. The molecule has 0 aliphatic rings. The summed E-state index contributed by atoms with van der Waals surface area (Å²) in [6.45, 7) is 0. The van der Waals surface area contributed by atoms with Gasteiger partial charge in [0, 0.05) is 6.07 Å². The fraction of sp³-hybridized carbons (Fsp3) is 0. The number of aromatic amines is 3. The Hall–Kier alpha value is -1.36. The van der Waals surface area contributed by atoms with E-state index in [1.54, 1.807) is 6.07 Å². The van der Waals surface area contributed by atoms with Crippen LogP contribution in [0.3, 0.4) is 0 Å². The second kappa shape index (κ2) is 2.06. The van der Waals surface area contributed by atoms with Crippen LogP contribution in [0.1, 0.15) is 0 Å². The molecule has 0 amide bonds. The third-order valence-corrected chi connectivity index (χ3v) is 1.61. The maximum Gasteiger partial charge on any atom is 0.249 e. The number of H-pyrrole nitrogens is 3. The van der Waals surface area contributed by atoms with Crippen molar-refractivity contribution in [2.75, 3.05) is 0 Å². The monoisotopic (exact) mass is 167 g/mol. The van der Waals surface area contributed by atoms with Gasteiger partial charge in [0.2, 0.25) is 5.56 Å². The van der Waals surface area contributed by atoms with Gasteiger partial charge in [-0.1, -0.05) is 0 Å². The minimum atomic E-state index is -0.136. The van der Waals surface area contributed by atoms with Gasteiger partial charge in [0.1, 0.15) is 5.65 Å². The Balaban J connectivity index is 3.03. The van der Waals surface area contributed by atoms with Gasteiger partial charge in [0.05, 0.1) is 5.52 Å². The number of aromatic nitrogens is 3. The molecule has 5 heteroatoms. The first kappa shape index (κ1) is 6.36. The summed E-state index contributed by atoms with van der Waals surface area (Å²) in [6, 6.07) is 3.13. The molecule has 0 aromatic carbocycles. The maximum atomic E-state index is 10.8. The Kier molecular flexibility index (Phi) is 1.19. The highest BCUT2D eigenvalue weighted by Gasteiger charge is 1.93. The zero-order valence-corrected chi connectivity index (χ0v) is 6.29. The first-order valence-electron chi connectivity index (χ1n) is 3.07. The Morgan fingerprint density at radius 2 is 2.00 bits per heavy atom. The highest BCUT2D eigenvalue weighted by molar-refractivity contribution is 7.71. The van der Waals surface area contributed by atoms with Crippen molar-refractivity contribution in [1.29, 1.82) is 0 Å². The first-order valence-corrected chi connectivity index (χ1v) is 3.48. The summed E-state index contributed by atoms with van der Waals surface area (Å²) in [6.07, 6.45) is 0. The quantitative estimate of drug-likeness (QED) is 0.511. The maximum absolute atomic E-state index is 10.8. The average Bonchev–Trinajstić information content (AvgIpc) is 2.27. The molecule has 2 aromatic rings. The van der Waals surface area contributed by atoms with Gasteiger partial charge in [0.25, 0.3) is 0 Å². The van der Waals surface area contributed by atoms with E-state index in [1.165, 1.54) is 6.07 Å². The molecule has 0 radical (unpaired) electrons. The lowest BCUT2D eigenvalue weighted by atomic mass is 10.4. The predicted molar refractivity (Wildman–Crippen MR) is 44.1 cm³/mol. The summed E-state index contributed by atoms with van der Waals surface area (Å²) < 4.78 is 0.516.